The van der Waals surface area contributed by atoms with Gasteiger partial charge in [-0.25, -0.2) is 17.5 Å². The molecule has 1 unspecified atom stereocenters. The van der Waals surface area contributed by atoms with E-state index in [1.54, 1.807) is 0 Å². The highest BCUT2D eigenvalue weighted by atomic mass is 32.2. The van der Waals surface area contributed by atoms with Gasteiger partial charge in [0.1, 0.15) is 16.5 Å². The van der Waals surface area contributed by atoms with Crippen LogP contribution in [0.25, 0.3) is 0 Å². The number of amidine groups is 1. The zero-order chi connectivity index (χ0) is 13.3. The molecule has 1 aliphatic rings. The van der Waals surface area contributed by atoms with E-state index in [0.29, 0.717) is 0 Å². The minimum atomic E-state index is -3.99. The Morgan fingerprint density at radius 2 is 2.06 bits per heavy atom. The zero-order valence-corrected chi connectivity index (χ0v) is 10.4. The van der Waals surface area contributed by atoms with Crippen molar-refractivity contribution in [3.05, 3.63) is 30.1 Å². The fraction of sp³-hybridized carbons (Fsp3) is 0.364. The molecule has 1 aromatic carbocycles. The maximum absolute atomic E-state index is 13.4. The van der Waals surface area contributed by atoms with Gasteiger partial charge in [-0.3, -0.25) is 5.41 Å². The molecule has 4 N–H and O–H groups in total. The molecule has 1 aliphatic carbocycles. The molecule has 0 bridgehead atoms. The number of hydrogen-bond acceptors (Lipinski definition) is 3. The number of sulfonamides is 1. The molecule has 98 valence electrons. The van der Waals surface area contributed by atoms with E-state index in [1.165, 1.54) is 18.2 Å². The van der Waals surface area contributed by atoms with Gasteiger partial charge in [0.15, 0.2) is 0 Å². The van der Waals surface area contributed by atoms with Gasteiger partial charge < -0.3 is 5.73 Å². The predicted molar refractivity (Wildman–Crippen MR) is 65.1 cm³/mol. The molecule has 5 nitrogen and oxygen atoms in total. The number of nitrogens with two attached hydrogens (primary N) is 1. The van der Waals surface area contributed by atoms with E-state index in [1.807, 2.05) is 0 Å². The summed E-state index contributed by atoms with van der Waals surface area (Å²) in [6.07, 6.45) is 1.65. The van der Waals surface area contributed by atoms with Crippen molar-refractivity contribution in [3.8, 4) is 0 Å². The highest BCUT2D eigenvalue weighted by Gasteiger charge is 2.36. The van der Waals surface area contributed by atoms with Gasteiger partial charge in [0.2, 0.25) is 10.0 Å². The SMILES string of the molecule is N=C(N)C(NS(=O)(=O)c1ccccc1F)C1CC1. The van der Waals surface area contributed by atoms with Crippen molar-refractivity contribution in [2.24, 2.45) is 11.7 Å². The second-order valence-electron chi connectivity index (χ2n) is 4.32. The van der Waals surface area contributed by atoms with Crippen molar-refractivity contribution in [2.75, 3.05) is 0 Å². The van der Waals surface area contributed by atoms with Gasteiger partial charge in [0.05, 0.1) is 6.04 Å². The molecule has 0 aromatic heterocycles. The highest BCUT2D eigenvalue weighted by Crippen LogP contribution is 2.33. The summed E-state index contributed by atoms with van der Waals surface area (Å²) in [6.45, 7) is 0. The van der Waals surface area contributed by atoms with E-state index in [0.717, 1.165) is 18.9 Å². The topological polar surface area (TPSA) is 96.0 Å². The standard InChI is InChI=1S/C11H14FN3O2S/c12-8-3-1-2-4-9(8)18(16,17)15-10(11(13)14)7-5-6-7/h1-4,7,10,15H,5-6H2,(H3,13,14). The Morgan fingerprint density at radius 1 is 1.44 bits per heavy atom. The van der Waals surface area contributed by atoms with Gasteiger partial charge in [-0.15, -0.1) is 0 Å². The van der Waals surface area contributed by atoms with E-state index in [4.69, 9.17) is 11.1 Å². The van der Waals surface area contributed by atoms with Crippen molar-refractivity contribution < 1.29 is 12.8 Å². The molecule has 0 spiro atoms. The average Bonchev–Trinajstić information content (AvgIpc) is 3.10. The number of nitrogens with one attached hydrogen (secondary N) is 2. The predicted octanol–water partition coefficient (Wildman–Crippen LogP) is 0.819. The lowest BCUT2D eigenvalue weighted by atomic mass is 10.2. The zero-order valence-electron chi connectivity index (χ0n) is 9.56. The quantitative estimate of drug-likeness (QED) is 0.546. The van der Waals surface area contributed by atoms with Crippen molar-refractivity contribution in [1.29, 1.82) is 5.41 Å². The molecule has 7 heteroatoms. The van der Waals surface area contributed by atoms with Crippen LogP contribution in [0.15, 0.2) is 29.2 Å². The second-order valence-corrected chi connectivity index (χ2v) is 6.00. The Balaban J connectivity index is 2.26. The monoisotopic (exact) mass is 271 g/mol. The summed E-state index contributed by atoms with van der Waals surface area (Å²) in [5.74, 6) is -1.01. The van der Waals surface area contributed by atoms with Crippen LogP contribution in [0.3, 0.4) is 0 Å². The Morgan fingerprint density at radius 3 is 2.56 bits per heavy atom. The first kappa shape index (κ1) is 13.0. The fourth-order valence-electron chi connectivity index (χ4n) is 1.74. The molecule has 0 radical (unpaired) electrons. The van der Waals surface area contributed by atoms with E-state index in [2.05, 4.69) is 4.72 Å². The van der Waals surface area contributed by atoms with Crippen LogP contribution in [0.1, 0.15) is 12.8 Å². The first-order valence-electron chi connectivity index (χ1n) is 5.52. The lowest BCUT2D eigenvalue weighted by Crippen LogP contribution is -2.45. The van der Waals surface area contributed by atoms with E-state index in [9.17, 15) is 12.8 Å². The van der Waals surface area contributed by atoms with Gasteiger partial charge >= 0.3 is 0 Å². The van der Waals surface area contributed by atoms with Crippen LogP contribution in [0, 0.1) is 17.1 Å². The largest absolute Gasteiger partial charge is 0.386 e. The number of benzene rings is 1. The van der Waals surface area contributed by atoms with Crippen molar-refractivity contribution in [1.82, 2.24) is 4.72 Å². The van der Waals surface area contributed by atoms with Gasteiger partial charge in [-0.2, -0.15) is 0 Å². The molecule has 1 fully saturated rings. The number of hydrogen-bond donors (Lipinski definition) is 3. The Bertz CT molecular complexity index is 569. The van der Waals surface area contributed by atoms with Crippen molar-refractivity contribution in [3.63, 3.8) is 0 Å². The van der Waals surface area contributed by atoms with Crippen LogP contribution >= 0.6 is 0 Å². The first-order valence-corrected chi connectivity index (χ1v) is 7.01. The van der Waals surface area contributed by atoms with Crippen molar-refractivity contribution in [2.45, 2.75) is 23.8 Å². The third-order valence-corrected chi connectivity index (χ3v) is 4.31. The smallest absolute Gasteiger partial charge is 0.244 e. The Kier molecular flexibility index (Phi) is 3.36. The van der Waals surface area contributed by atoms with Gasteiger partial charge in [0.25, 0.3) is 0 Å². The molecular formula is C11H14FN3O2S. The van der Waals surface area contributed by atoms with Gasteiger partial charge in [0, 0.05) is 0 Å². The molecule has 1 atom stereocenters. The van der Waals surface area contributed by atoms with Gasteiger partial charge in [-0.1, -0.05) is 12.1 Å². The molecule has 0 aliphatic heterocycles. The Labute approximate surface area is 105 Å². The summed E-state index contributed by atoms with van der Waals surface area (Å²) in [5, 5.41) is 7.38. The molecule has 1 saturated carbocycles. The molecule has 18 heavy (non-hydrogen) atoms. The summed E-state index contributed by atoms with van der Waals surface area (Å²) in [4.78, 5) is -0.420. The minimum absolute atomic E-state index is 0.0454. The first-order chi connectivity index (χ1) is 8.42. The average molecular weight is 271 g/mol. The summed E-state index contributed by atoms with van der Waals surface area (Å²) < 4.78 is 39.7. The van der Waals surface area contributed by atoms with E-state index >= 15 is 0 Å². The van der Waals surface area contributed by atoms with Crippen LogP contribution in [0.5, 0.6) is 0 Å². The molecule has 2 rings (SSSR count). The Hall–Kier alpha value is -1.47. The number of halogens is 1. The summed E-state index contributed by atoms with van der Waals surface area (Å²) in [6, 6.07) is 4.38. The highest BCUT2D eigenvalue weighted by molar-refractivity contribution is 7.89. The lowest BCUT2D eigenvalue weighted by Gasteiger charge is -2.16. The summed E-state index contributed by atoms with van der Waals surface area (Å²) >= 11 is 0. The van der Waals surface area contributed by atoms with Crippen LogP contribution in [-0.2, 0) is 10.0 Å². The van der Waals surface area contributed by atoms with E-state index < -0.39 is 26.8 Å². The van der Waals surface area contributed by atoms with E-state index in [-0.39, 0.29) is 11.8 Å². The molecule has 1 aromatic rings. The summed E-state index contributed by atoms with van der Waals surface area (Å²) in [5.41, 5.74) is 5.36. The van der Waals surface area contributed by atoms with Crippen LogP contribution in [0.4, 0.5) is 4.39 Å². The van der Waals surface area contributed by atoms with Crippen LogP contribution in [0.2, 0.25) is 0 Å². The molecule has 0 heterocycles. The maximum atomic E-state index is 13.4. The molecule has 0 saturated heterocycles. The van der Waals surface area contributed by atoms with Gasteiger partial charge in [-0.05, 0) is 30.9 Å². The fourth-order valence-corrected chi connectivity index (χ4v) is 3.10. The molecule has 0 amide bonds. The minimum Gasteiger partial charge on any atom is -0.386 e. The second kappa shape index (κ2) is 4.66. The summed E-state index contributed by atoms with van der Waals surface area (Å²) in [7, 11) is -3.99. The maximum Gasteiger partial charge on any atom is 0.244 e. The normalized spacial score (nSPS) is 17.4. The third-order valence-electron chi connectivity index (χ3n) is 2.84. The van der Waals surface area contributed by atoms with Crippen LogP contribution in [-0.4, -0.2) is 20.3 Å². The number of rotatable bonds is 5. The van der Waals surface area contributed by atoms with Crippen molar-refractivity contribution >= 4 is 15.9 Å². The van der Waals surface area contributed by atoms with Crippen LogP contribution < -0.4 is 10.5 Å². The third kappa shape index (κ3) is 2.68. The lowest BCUT2D eigenvalue weighted by molar-refractivity contribution is 0.544. The molecular weight excluding hydrogens is 257 g/mol.